The van der Waals surface area contributed by atoms with Crippen LogP contribution in [0.25, 0.3) is 11.6 Å². The topological polar surface area (TPSA) is 76.8 Å². The Morgan fingerprint density at radius 1 is 1.24 bits per heavy atom. The summed E-state index contributed by atoms with van der Waals surface area (Å²) < 4.78 is 48.4. The molecule has 7 nitrogen and oxygen atoms in total. The van der Waals surface area contributed by atoms with Crippen LogP contribution in [0.4, 0.5) is 13.2 Å². The zero-order valence-electron chi connectivity index (χ0n) is 16.0. The Labute approximate surface area is 169 Å². The SMILES string of the molecule is [3H]c1cnc(-c2nnc3n2C[C@H](C)N(Cc2cccc(C(F)(F)F)c2Cl)C3=O)nc1. The van der Waals surface area contributed by atoms with E-state index in [1.165, 1.54) is 29.4 Å². The maximum atomic E-state index is 13.1. The maximum absolute atomic E-state index is 13.1. The molecule has 0 aliphatic carbocycles. The van der Waals surface area contributed by atoms with Crippen molar-refractivity contribution in [3.05, 3.63) is 58.6 Å². The predicted molar refractivity (Wildman–Crippen MR) is 96.8 cm³/mol. The number of alkyl halides is 3. The summed E-state index contributed by atoms with van der Waals surface area (Å²) in [6.45, 7) is 1.96. The van der Waals surface area contributed by atoms with E-state index in [4.69, 9.17) is 13.0 Å². The number of amides is 1. The molecule has 3 heterocycles. The van der Waals surface area contributed by atoms with Crippen molar-refractivity contribution in [2.45, 2.75) is 32.2 Å². The van der Waals surface area contributed by atoms with Gasteiger partial charge in [-0.2, -0.15) is 13.2 Å². The number of nitrogens with zero attached hydrogens (tertiary/aromatic N) is 6. The van der Waals surface area contributed by atoms with Crippen LogP contribution in [0.5, 0.6) is 0 Å². The van der Waals surface area contributed by atoms with Gasteiger partial charge >= 0.3 is 6.18 Å². The molecular weight excluding hydrogens is 409 g/mol. The van der Waals surface area contributed by atoms with E-state index in [2.05, 4.69) is 20.2 Å². The van der Waals surface area contributed by atoms with Crippen molar-refractivity contribution in [3.63, 3.8) is 0 Å². The Morgan fingerprint density at radius 2 is 1.93 bits per heavy atom. The van der Waals surface area contributed by atoms with Gasteiger partial charge in [0.25, 0.3) is 5.91 Å². The zero-order valence-corrected chi connectivity index (χ0v) is 15.7. The summed E-state index contributed by atoms with van der Waals surface area (Å²) in [5.41, 5.74) is -0.756. The van der Waals surface area contributed by atoms with Crippen molar-refractivity contribution in [2.75, 3.05) is 0 Å². The molecule has 0 radical (unpaired) electrons. The van der Waals surface area contributed by atoms with Crippen LogP contribution >= 0.6 is 11.6 Å². The summed E-state index contributed by atoms with van der Waals surface area (Å²) in [6.07, 6.45) is -1.98. The van der Waals surface area contributed by atoms with E-state index < -0.39 is 22.7 Å². The minimum atomic E-state index is -4.59. The molecule has 11 heteroatoms. The first-order chi connectivity index (χ1) is 14.2. The molecule has 1 aromatic carbocycles. The highest BCUT2D eigenvalue weighted by Crippen LogP contribution is 2.37. The van der Waals surface area contributed by atoms with Crippen LogP contribution in [0.3, 0.4) is 0 Å². The van der Waals surface area contributed by atoms with E-state index in [0.29, 0.717) is 6.54 Å². The van der Waals surface area contributed by atoms with Crippen LogP contribution in [-0.2, 0) is 19.3 Å². The minimum absolute atomic E-state index is 0.0322. The molecule has 1 aliphatic rings. The lowest BCUT2D eigenvalue weighted by molar-refractivity contribution is -0.137. The first kappa shape index (κ1) is 18.0. The Hall–Kier alpha value is -3.01. The zero-order chi connectivity index (χ0) is 21.6. The lowest BCUT2D eigenvalue weighted by Gasteiger charge is -2.34. The van der Waals surface area contributed by atoms with Gasteiger partial charge in [-0.3, -0.25) is 9.36 Å². The van der Waals surface area contributed by atoms with Gasteiger partial charge < -0.3 is 4.90 Å². The molecule has 150 valence electrons. The highest BCUT2D eigenvalue weighted by atomic mass is 35.5. The van der Waals surface area contributed by atoms with Gasteiger partial charge in [0, 0.05) is 31.5 Å². The number of rotatable bonds is 3. The quantitative estimate of drug-likeness (QED) is 0.643. The van der Waals surface area contributed by atoms with Crippen molar-refractivity contribution in [1.82, 2.24) is 29.6 Å². The van der Waals surface area contributed by atoms with Crippen molar-refractivity contribution >= 4 is 17.5 Å². The minimum Gasteiger partial charge on any atom is -0.327 e. The summed E-state index contributed by atoms with van der Waals surface area (Å²) in [5, 5.41) is 7.49. The molecule has 3 aromatic rings. The van der Waals surface area contributed by atoms with Crippen LogP contribution in [0.1, 0.15) is 30.0 Å². The molecule has 4 rings (SSSR count). The summed E-state index contributed by atoms with van der Waals surface area (Å²) in [7, 11) is 0. The second-order valence-corrected chi connectivity index (χ2v) is 6.90. The molecule has 0 saturated carbocycles. The molecule has 1 atom stereocenters. The fraction of sp³-hybridized carbons (Fsp3) is 0.278. The van der Waals surface area contributed by atoms with Crippen LogP contribution in [-0.4, -0.2) is 41.6 Å². The van der Waals surface area contributed by atoms with Gasteiger partial charge in [0.2, 0.25) is 11.6 Å². The standard InChI is InChI=1S/C18H14ClF3N6O/c1-10-8-28-15(14-23-6-3-7-24-14)25-26-16(28)17(29)27(10)9-11-4-2-5-12(13(11)19)18(20,21)22/h2-7,10H,8-9H2,1H3/t10-/m0/s1/i3T. The Morgan fingerprint density at radius 3 is 2.62 bits per heavy atom. The highest BCUT2D eigenvalue weighted by molar-refractivity contribution is 6.32. The van der Waals surface area contributed by atoms with Gasteiger partial charge in [-0.05, 0) is 24.6 Å². The van der Waals surface area contributed by atoms with Gasteiger partial charge in [-0.25, -0.2) is 9.97 Å². The molecule has 2 aromatic heterocycles. The van der Waals surface area contributed by atoms with Gasteiger partial charge in [-0.15, -0.1) is 10.2 Å². The number of carbonyl (C=O) groups is 1. The summed E-state index contributed by atoms with van der Waals surface area (Å²) in [6, 6.07) is 3.38. The lowest BCUT2D eigenvalue weighted by atomic mass is 10.1. The van der Waals surface area contributed by atoms with Crippen LogP contribution in [0.2, 0.25) is 5.02 Å². The largest absolute Gasteiger partial charge is 0.417 e. The predicted octanol–water partition coefficient (Wildman–Crippen LogP) is 3.45. The van der Waals surface area contributed by atoms with Crippen molar-refractivity contribution in [3.8, 4) is 11.6 Å². The molecular formula is C18H14ClF3N6O. The Bertz CT molecular complexity index is 1120. The van der Waals surface area contributed by atoms with E-state index in [1.807, 2.05) is 0 Å². The number of fused-ring (bicyclic) bond motifs is 1. The molecule has 0 saturated heterocycles. The van der Waals surface area contributed by atoms with E-state index in [1.54, 1.807) is 11.5 Å². The maximum Gasteiger partial charge on any atom is 0.417 e. The van der Waals surface area contributed by atoms with E-state index >= 15 is 0 Å². The molecule has 1 amide bonds. The van der Waals surface area contributed by atoms with Crippen molar-refractivity contribution in [2.24, 2.45) is 0 Å². The molecule has 0 fully saturated rings. The third-order valence-electron chi connectivity index (χ3n) is 4.63. The number of benzene rings is 1. The number of carbonyl (C=O) groups excluding carboxylic acids is 1. The number of aromatic nitrogens is 5. The third kappa shape index (κ3) is 3.44. The van der Waals surface area contributed by atoms with E-state index in [-0.39, 0.29) is 41.7 Å². The van der Waals surface area contributed by atoms with Gasteiger partial charge in [0.15, 0.2) is 5.82 Å². The van der Waals surface area contributed by atoms with Crippen LogP contribution < -0.4 is 0 Å². The fourth-order valence-electron chi connectivity index (χ4n) is 3.20. The fourth-order valence-corrected chi connectivity index (χ4v) is 3.49. The normalized spacial score (nSPS) is 17.3. The molecule has 29 heavy (non-hydrogen) atoms. The van der Waals surface area contributed by atoms with Gasteiger partial charge in [0.05, 0.1) is 12.0 Å². The van der Waals surface area contributed by atoms with E-state index in [9.17, 15) is 18.0 Å². The van der Waals surface area contributed by atoms with Crippen LogP contribution in [0, 0.1) is 0 Å². The van der Waals surface area contributed by atoms with Crippen molar-refractivity contribution < 1.29 is 19.3 Å². The summed E-state index contributed by atoms with van der Waals surface area (Å²) in [4.78, 5) is 22.5. The average molecular weight is 425 g/mol. The average Bonchev–Trinajstić information content (AvgIpc) is 3.10. The molecule has 0 bridgehead atoms. The molecule has 0 unspecified atom stereocenters. The highest BCUT2D eigenvalue weighted by Gasteiger charge is 2.37. The van der Waals surface area contributed by atoms with Crippen molar-refractivity contribution in [1.29, 1.82) is 0 Å². The number of halogens is 4. The molecule has 1 aliphatic heterocycles. The molecule has 0 N–H and O–H groups in total. The van der Waals surface area contributed by atoms with Gasteiger partial charge in [0.1, 0.15) is 0 Å². The lowest BCUT2D eigenvalue weighted by Crippen LogP contribution is -2.46. The summed E-state index contributed by atoms with van der Waals surface area (Å²) in [5.74, 6) is 0.0453. The Balaban J connectivity index is 1.65. The van der Waals surface area contributed by atoms with Gasteiger partial charge in [-0.1, -0.05) is 23.7 Å². The first-order valence-corrected chi connectivity index (χ1v) is 8.92. The second-order valence-electron chi connectivity index (χ2n) is 6.52. The monoisotopic (exact) mass is 424 g/mol. The van der Waals surface area contributed by atoms with Crippen LogP contribution in [0.15, 0.2) is 36.6 Å². The molecule has 0 spiro atoms. The van der Waals surface area contributed by atoms with E-state index in [0.717, 1.165) is 6.07 Å². The number of hydrogen-bond acceptors (Lipinski definition) is 5. The smallest absolute Gasteiger partial charge is 0.327 e. The first-order valence-electron chi connectivity index (χ1n) is 9.04. The second kappa shape index (κ2) is 7.11. The Kier molecular flexibility index (Phi) is 4.42. The third-order valence-corrected chi connectivity index (χ3v) is 5.08. The number of hydrogen-bond donors (Lipinski definition) is 0. The summed E-state index contributed by atoms with van der Waals surface area (Å²) >= 11 is 5.98.